The maximum atomic E-state index is 12.4. The van der Waals surface area contributed by atoms with Crippen molar-refractivity contribution >= 4 is 34.3 Å². The van der Waals surface area contributed by atoms with Gasteiger partial charge >= 0.3 is 0 Å². The number of carbonyl (C=O) groups is 1. The van der Waals surface area contributed by atoms with Crippen LogP contribution in [-0.2, 0) is 4.79 Å². The molecule has 118 valence electrons. The van der Waals surface area contributed by atoms with Crippen LogP contribution in [0.15, 0.2) is 59.9 Å². The van der Waals surface area contributed by atoms with E-state index < -0.39 is 0 Å². The summed E-state index contributed by atoms with van der Waals surface area (Å²) in [6.45, 7) is 1.82. The fourth-order valence-corrected chi connectivity index (χ4v) is 3.11. The van der Waals surface area contributed by atoms with Crippen LogP contribution < -0.4 is 5.32 Å². The third kappa shape index (κ3) is 3.53. The number of hydrogen-bond acceptors (Lipinski definition) is 5. The van der Waals surface area contributed by atoms with Gasteiger partial charge in [0.05, 0.1) is 22.4 Å². The van der Waals surface area contributed by atoms with Crippen molar-refractivity contribution in [3.05, 3.63) is 60.4 Å². The Morgan fingerprint density at radius 3 is 2.88 bits per heavy atom. The first-order valence-electron chi connectivity index (χ1n) is 7.35. The number of hydrogen-bond donors (Lipinski definition) is 1. The average molecular weight is 334 g/mol. The van der Waals surface area contributed by atoms with E-state index >= 15 is 0 Å². The maximum Gasteiger partial charge on any atom is 0.237 e. The Balaban J connectivity index is 1.75. The average Bonchev–Trinajstić information content (AvgIpc) is 2.62. The molecule has 1 amide bonds. The number of carbonyl (C=O) groups excluding carboxylic acids is 1. The highest BCUT2D eigenvalue weighted by molar-refractivity contribution is 8.00. The minimum absolute atomic E-state index is 0.141. The minimum atomic E-state index is -0.339. The van der Waals surface area contributed by atoms with Crippen molar-refractivity contribution in [2.45, 2.75) is 17.2 Å². The summed E-state index contributed by atoms with van der Waals surface area (Å²) in [5, 5.41) is 13.1. The van der Waals surface area contributed by atoms with Crippen molar-refractivity contribution in [1.82, 2.24) is 9.97 Å². The summed E-state index contributed by atoms with van der Waals surface area (Å²) in [6, 6.07) is 16.6. The molecule has 0 aliphatic heterocycles. The summed E-state index contributed by atoms with van der Waals surface area (Å²) in [5.74, 6) is -0.141. The van der Waals surface area contributed by atoms with E-state index in [9.17, 15) is 4.79 Å². The Morgan fingerprint density at radius 2 is 2.04 bits per heavy atom. The van der Waals surface area contributed by atoms with Gasteiger partial charge in [-0.15, -0.1) is 0 Å². The van der Waals surface area contributed by atoms with Gasteiger partial charge in [-0.05, 0) is 31.2 Å². The molecule has 0 aliphatic rings. The smallest absolute Gasteiger partial charge is 0.237 e. The van der Waals surface area contributed by atoms with Crippen LogP contribution in [-0.4, -0.2) is 21.1 Å². The second-order valence-corrected chi connectivity index (χ2v) is 6.47. The van der Waals surface area contributed by atoms with Crippen LogP contribution in [0, 0.1) is 11.3 Å². The van der Waals surface area contributed by atoms with Gasteiger partial charge in [-0.1, -0.05) is 36.0 Å². The summed E-state index contributed by atoms with van der Waals surface area (Å²) >= 11 is 1.38. The minimum Gasteiger partial charge on any atom is -0.325 e. The second-order valence-electron chi connectivity index (χ2n) is 5.14. The van der Waals surface area contributed by atoms with Crippen molar-refractivity contribution < 1.29 is 4.79 Å². The summed E-state index contributed by atoms with van der Waals surface area (Å²) in [4.78, 5) is 20.9. The van der Waals surface area contributed by atoms with Gasteiger partial charge in [-0.25, -0.2) is 9.97 Å². The molecule has 1 N–H and O–H groups in total. The Hall–Kier alpha value is -2.91. The van der Waals surface area contributed by atoms with E-state index in [1.807, 2.05) is 31.2 Å². The lowest BCUT2D eigenvalue weighted by Crippen LogP contribution is -2.22. The quantitative estimate of drug-likeness (QED) is 0.582. The fraction of sp³-hybridized carbons (Fsp3) is 0.111. The second kappa shape index (κ2) is 7.11. The molecule has 0 spiro atoms. The van der Waals surface area contributed by atoms with E-state index in [1.165, 1.54) is 18.1 Å². The lowest BCUT2D eigenvalue weighted by atomic mass is 10.2. The van der Waals surface area contributed by atoms with Gasteiger partial charge in [0.2, 0.25) is 5.91 Å². The molecule has 0 radical (unpaired) electrons. The maximum absolute atomic E-state index is 12.4. The molecule has 5 nitrogen and oxygen atoms in total. The van der Waals surface area contributed by atoms with E-state index in [0.29, 0.717) is 11.3 Å². The summed E-state index contributed by atoms with van der Waals surface area (Å²) in [6.07, 6.45) is 1.51. The molecule has 1 atom stereocenters. The number of aromatic nitrogens is 2. The third-order valence-electron chi connectivity index (χ3n) is 3.42. The van der Waals surface area contributed by atoms with Crippen LogP contribution in [0.2, 0.25) is 0 Å². The molecule has 0 unspecified atom stereocenters. The molecule has 0 fully saturated rings. The number of nitrogens with one attached hydrogen (secondary N) is 1. The van der Waals surface area contributed by atoms with Crippen LogP contribution in [0.1, 0.15) is 12.5 Å². The third-order valence-corrected chi connectivity index (χ3v) is 4.54. The van der Waals surface area contributed by atoms with Crippen molar-refractivity contribution in [3.8, 4) is 6.07 Å². The molecule has 0 saturated heterocycles. The lowest BCUT2D eigenvalue weighted by molar-refractivity contribution is -0.115. The van der Waals surface area contributed by atoms with Gasteiger partial charge in [0, 0.05) is 11.1 Å². The first kappa shape index (κ1) is 16.0. The number of fused-ring (bicyclic) bond motifs is 1. The molecule has 2 aromatic carbocycles. The number of para-hydroxylation sites is 1. The van der Waals surface area contributed by atoms with Crippen LogP contribution in [0.3, 0.4) is 0 Å². The topological polar surface area (TPSA) is 78.7 Å². The molecule has 0 aliphatic carbocycles. The summed E-state index contributed by atoms with van der Waals surface area (Å²) < 4.78 is 0. The fourth-order valence-electron chi connectivity index (χ4n) is 2.21. The molecule has 1 heterocycles. The number of benzene rings is 2. The van der Waals surface area contributed by atoms with Crippen LogP contribution in [0.4, 0.5) is 5.69 Å². The Morgan fingerprint density at radius 1 is 1.21 bits per heavy atom. The number of anilines is 1. The predicted molar refractivity (Wildman–Crippen MR) is 94.6 cm³/mol. The Labute approximate surface area is 143 Å². The molecule has 24 heavy (non-hydrogen) atoms. The standard InChI is InChI=1S/C18H14N4OS/c1-12(17(23)22-14-6-4-5-13(9-14)10-19)24-18-15-7-2-3-8-16(15)20-11-21-18/h2-9,11-12H,1H3,(H,22,23)/t12-/m0/s1. The van der Waals surface area contributed by atoms with E-state index in [4.69, 9.17) is 5.26 Å². The van der Waals surface area contributed by atoms with Crippen molar-refractivity contribution in [2.75, 3.05) is 5.32 Å². The number of amides is 1. The zero-order valence-electron chi connectivity index (χ0n) is 12.9. The predicted octanol–water partition coefficient (Wildman–Crippen LogP) is 3.62. The normalized spacial score (nSPS) is 11.7. The van der Waals surface area contributed by atoms with Gasteiger partial charge in [-0.2, -0.15) is 5.26 Å². The number of rotatable bonds is 4. The highest BCUT2D eigenvalue weighted by Crippen LogP contribution is 2.28. The van der Waals surface area contributed by atoms with Gasteiger partial charge in [-0.3, -0.25) is 4.79 Å². The van der Waals surface area contributed by atoms with Gasteiger partial charge in [0.1, 0.15) is 11.4 Å². The van der Waals surface area contributed by atoms with Gasteiger partial charge < -0.3 is 5.32 Å². The molecule has 6 heteroatoms. The highest BCUT2D eigenvalue weighted by atomic mass is 32.2. The molecular weight excluding hydrogens is 320 g/mol. The lowest BCUT2D eigenvalue weighted by Gasteiger charge is -2.12. The van der Waals surface area contributed by atoms with Crippen molar-refractivity contribution in [1.29, 1.82) is 5.26 Å². The molecule has 3 aromatic rings. The molecule has 1 aromatic heterocycles. The number of nitrogens with zero attached hydrogens (tertiary/aromatic N) is 3. The zero-order valence-corrected chi connectivity index (χ0v) is 13.7. The van der Waals surface area contributed by atoms with Crippen LogP contribution in [0.25, 0.3) is 10.9 Å². The van der Waals surface area contributed by atoms with E-state index in [-0.39, 0.29) is 11.2 Å². The van der Waals surface area contributed by atoms with Crippen molar-refractivity contribution in [3.63, 3.8) is 0 Å². The van der Waals surface area contributed by atoms with Crippen LogP contribution in [0.5, 0.6) is 0 Å². The van der Waals surface area contributed by atoms with Gasteiger partial charge in [0.25, 0.3) is 0 Å². The first-order chi connectivity index (χ1) is 11.7. The number of thioether (sulfide) groups is 1. The Kier molecular flexibility index (Phi) is 4.73. The molecule has 0 saturated carbocycles. The van der Waals surface area contributed by atoms with E-state index in [1.54, 1.807) is 24.3 Å². The number of nitriles is 1. The molecule has 3 rings (SSSR count). The largest absolute Gasteiger partial charge is 0.325 e. The SMILES string of the molecule is C[C@H](Sc1ncnc2ccccc12)C(=O)Nc1cccc(C#N)c1. The zero-order chi connectivity index (χ0) is 16.9. The summed E-state index contributed by atoms with van der Waals surface area (Å²) in [5.41, 5.74) is 1.97. The molecular formula is C18H14N4OS. The highest BCUT2D eigenvalue weighted by Gasteiger charge is 2.17. The Bertz CT molecular complexity index is 930. The van der Waals surface area contributed by atoms with Crippen molar-refractivity contribution in [2.24, 2.45) is 0 Å². The monoisotopic (exact) mass is 334 g/mol. The summed E-state index contributed by atoms with van der Waals surface area (Å²) in [7, 11) is 0. The van der Waals surface area contributed by atoms with E-state index in [0.717, 1.165) is 15.9 Å². The molecule has 0 bridgehead atoms. The van der Waals surface area contributed by atoms with Crippen LogP contribution >= 0.6 is 11.8 Å². The van der Waals surface area contributed by atoms with Gasteiger partial charge in [0.15, 0.2) is 0 Å². The van der Waals surface area contributed by atoms with E-state index in [2.05, 4.69) is 21.4 Å². The first-order valence-corrected chi connectivity index (χ1v) is 8.23.